The lowest BCUT2D eigenvalue weighted by molar-refractivity contribution is 0.628. The van der Waals surface area contributed by atoms with E-state index in [2.05, 4.69) is 46.2 Å². The molecule has 0 spiro atoms. The van der Waals surface area contributed by atoms with Crippen LogP contribution in [0.15, 0.2) is 60.8 Å². The van der Waals surface area contributed by atoms with Gasteiger partial charge in [0.05, 0.1) is 5.52 Å². The second kappa shape index (κ2) is 6.59. The average molecular weight is 346 g/mol. The molecule has 2 aromatic carbocycles. The molecule has 0 aliphatic heterocycles. The van der Waals surface area contributed by atoms with Gasteiger partial charge < -0.3 is 10.3 Å². The number of aromatic amines is 1. The van der Waals surface area contributed by atoms with Crippen molar-refractivity contribution in [3.05, 3.63) is 72.2 Å². The van der Waals surface area contributed by atoms with E-state index >= 15 is 0 Å². The van der Waals surface area contributed by atoms with Crippen molar-refractivity contribution in [2.75, 3.05) is 5.32 Å². The quantitative estimate of drug-likeness (QED) is 0.503. The van der Waals surface area contributed by atoms with Gasteiger partial charge in [-0.05, 0) is 41.8 Å². The van der Waals surface area contributed by atoms with Crippen molar-refractivity contribution in [2.45, 2.75) is 19.8 Å². The van der Waals surface area contributed by atoms with E-state index in [4.69, 9.17) is 0 Å². The third-order valence-electron chi connectivity index (χ3n) is 4.34. The smallest absolute Gasteiger partial charge is 0.158 e. The highest BCUT2D eigenvalue weighted by atomic mass is 19.1. The molecule has 0 saturated heterocycles. The number of halogens is 1. The van der Waals surface area contributed by atoms with Gasteiger partial charge in [0.25, 0.3) is 0 Å². The highest BCUT2D eigenvalue weighted by Crippen LogP contribution is 2.27. The zero-order valence-corrected chi connectivity index (χ0v) is 14.6. The summed E-state index contributed by atoms with van der Waals surface area (Å²) in [6.45, 7) is 4.34. The third kappa shape index (κ3) is 3.16. The van der Waals surface area contributed by atoms with E-state index < -0.39 is 0 Å². The van der Waals surface area contributed by atoms with Gasteiger partial charge in [-0.15, -0.1) is 0 Å². The summed E-state index contributed by atoms with van der Waals surface area (Å²) in [5, 5.41) is 3.32. The largest absolute Gasteiger partial charge is 0.338 e. The number of anilines is 2. The number of hydrogen-bond acceptors (Lipinski definition) is 3. The molecule has 0 amide bonds. The summed E-state index contributed by atoms with van der Waals surface area (Å²) in [7, 11) is 0. The second-order valence-corrected chi connectivity index (χ2v) is 6.55. The minimum Gasteiger partial charge on any atom is -0.338 e. The molecule has 2 N–H and O–H groups in total. The molecule has 4 rings (SSSR count). The molecule has 26 heavy (non-hydrogen) atoms. The van der Waals surface area contributed by atoms with Gasteiger partial charge in [-0.25, -0.2) is 14.4 Å². The molecule has 0 atom stereocenters. The average Bonchev–Trinajstić information content (AvgIpc) is 3.08. The van der Waals surface area contributed by atoms with Crippen molar-refractivity contribution in [2.24, 2.45) is 0 Å². The van der Waals surface area contributed by atoms with Crippen LogP contribution in [0.3, 0.4) is 0 Å². The van der Waals surface area contributed by atoms with Gasteiger partial charge in [0.15, 0.2) is 5.82 Å². The van der Waals surface area contributed by atoms with Gasteiger partial charge in [-0.1, -0.05) is 38.1 Å². The van der Waals surface area contributed by atoms with Gasteiger partial charge in [-0.2, -0.15) is 0 Å². The Morgan fingerprint density at radius 1 is 1.04 bits per heavy atom. The first-order valence-corrected chi connectivity index (χ1v) is 8.58. The van der Waals surface area contributed by atoms with Crippen LogP contribution in [-0.4, -0.2) is 15.0 Å². The molecule has 4 nitrogen and oxygen atoms in total. The third-order valence-corrected chi connectivity index (χ3v) is 4.34. The molecular formula is C21H19FN4. The van der Waals surface area contributed by atoms with Gasteiger partial charge in [0, 0.05) is 17.4 Å². The fourth-order valence-electron chi connectivity index (χ4n) is 2.89. The van der Waals surface area contributed by atoms with Crippen LogP contribution in [0.4, 0.5) is 15.9 Å². The molecule has 0 saturated carbocycles. The highest BCUT2D eigenvalue weighted by Gasteiger charge is 2.11. The van der Waals surface area contributed by atoms with Crippen LogP contribution >= 0.6 is 0 Å². The minimum atomic E-state index is -0.287. The van der Waals surface area contributed by atoms with Gasteiger partial charge in [0.1, 0.15) is 17.2 Å². The van der Waals surface area contributed by atoms with Crippen molar-refractivity contribution in [3.63, 3.8) is 0 Å². The van der Waals surface area contributed by atoms with Gasteiger partial charge >= 0.3 is 0 Å². The number of pyridine rings is 1. The first-order chi connectivity index (χ1) is 12.6. The van der Waals surface area contributed by atoms with E-state index in [1.54, 1.807) is 12.3 Å². The normalized spacial score (nSPS) is 11.2. The first-order valence-electron chi connectivity index (χ1n) is 8.58. The maximum Gasteiger partial charge on any atom is 0.158 e. The Morgan fingerprint density at radius 2 is 1.85 bits per heavy atom. The maximum atomic E-state index is 13.5. The lowest BCUT2D eigenvalue weighted by Gasteiger charge is -2.09. The maximum absolute atomic E-state index is 13.5. The molecule has 130 valence electrons. The molecule has 0 aliphatic carbocycles. The lowest BCUT2D eigenvalue weighted by Crippen LogP contribution is -1.95. The molecule has 0 fully saturated rings. The number of nitrogens with zero attached hydrogens (tertiary/aromatic N) is 2. The van der Waals surface area contributed by atoms with Crippen LogP contribution in [-0.2, 0) is 0 Å². The van der Waals surface area contributed by atoms with Crippen LogP contribution < -0.4 is 5.32 Å². The van der Waals surface area contributed by atoms with E-state index in [9.17, 15) is 4.39 Å². The predicted molar refractivity (Wildman–Crippen MR) is 103 cm³/mol. The van der Waals surface area contributed by atoms with E-state index in [0.717, 1.165) is 16.7 Å². The van der Waals surface area contributed by atoms with Crippen molar-refractivity contribution < 1.29 is 4.39 Å². The summed E-state index contributed by atoms with van der Waals surface area (Å²) in [6.07, 6.45) is 1.72. The first kappa shape index (κ1) is 16.3. The molecule has 0 aliphatic rings. The van der Waals surface area contributed by atoms with E-state index in [1.807, 2.05) is 24.3 Å². The van der Waals surface area contributed by atoms with E-state index in [0.29, 0.717) is 23.1 Å². The van der Waals surface area contributed by atoms with Crippen LogP contribution in [0.2, 0.25) is 0 Å². The Bertz CT molecular complexity index is 1050. The molecule has 2 heterocycles. The predicted octanol–water partition coefficient (Wildman–Crippen LogP) is 5.63. The number of benzene rings is 2. The molecule has 2 aromatic heterocycles. The number of H-pyrrole nitrogens is 1. The fraction of sp³-hybridized carbons (Fsp3) is 0.143. The van der Waals surface area contributed by atoms with Crippen molar-refractivity contribution in [3.8, 4) is 11.4 Å². The van der Waals surface area contributed by atoms with Gasteiger partial charge in [-0.3, -0.25) is 0 Å². The number of rotatable bonds is 4. The summed E-state index contributed by atoms with van der Waals surface area (Å²) >= 11 is 0. The van der Waals surface area contributed by atoms with Crippen LogP contribution in [0.5, 0.6) is 0 Å². The minimum absolute atomic E-state index is 0.287. The van der Waals surface area contributed by atoms with Crippen molar-refractivity contribution in [1.82, 2.24) is 15.0 Å². The highest BCUT2D eigenvalue weighted by molar-refractivity contribution is 5.89. The SMILES string of the molecule is CC(C)c1ccc(Nc2nccc3[nH]c(-c4cccc(F)c4)nc23)cc1. The van der Waals surface area contributed by atoms with E-state index in [1.165, 1.54) is 17.7 Å². The molecule has 4 aromatic rings. The molecule has 0 radical (unpaired) electrons. The van der Waals surface area contributed by atoms with Crippen molar-refractivity contribution >= 4 is 22.5 Å². The summed E-state index contributed by atoms with van der Waals surface area (Å²) in [5.41, 5.74) is 4.51. The van der Waals surface area contributed by atoms with Gasteiger partial charge in [0.2, 0.25) is 0 Å². The Morgan fingerprint density at radius 3 is 2.58 bits per heavy atom. The Hall–Kier alpha value is -3.21. The monoisotopic (exact) mass is 346 g/mol. The zero-order valence-electron chi connectivity index (χ0n) is 14.6. The van der Waals surface area contributed by atoms with Crippen LogP contribution in [0.25, 0.3) is 22.4 Å². The standard InChI is InChI=1S/C21H19FN4/c1-13(2)14-6-8-17(9-7-14)24-21-19-18(10-11-23-21)25-20(26-19)15-4-3-5-16(22)12-15/h3-13H,1-2H3,(H,23,24)(H,25,26). The molecule has 0 unspecified atom stereocenters. The Balaban J connectivity index is 1.69. The van der Waals surface area contributed by atoms with E-state index in [-0.39, 0.29) is 5.82 Å². The summed E-state index contributed by atoms with van der Waals surface area (Å²) in [6, 6.07) is 16.5. The number of hydrogen-bond donors (Lipinski definition) is 2. The van der Waals surface area contributed by atoms with Crippen molar-refractivity contribution in [1.29, 1.82) is 0 Å². The summed E-state index contributed by atoms with van der Waals surface area (Å²) in [4.78, 5) is 12.3. The molecule has 5 heteroatoms. The van der Waals surface area contributed by atoms with Crippen LogP contribution in [0.1, 0.15) is 25.3 Å². The van der Waals surface area contributed by atoms with Crippen LogP contribution in [0, 0.1) is 5.82 Å². The zero-order chi connectivity index (χ0) is 18.1. The topological polar surface area (TPSA) is 53.6 Å². The number of aromatic nitrogens is 3. The summed E-state index contributed by atoms with van der Waals surface area (Å²) < 4.78 is 13.5. The second-order valence-electron chi connectivity index (χ2n) is 6.55. The number of nitrogens with one attached hydrogen (secondary N) is 2. The molecular weight excluding hydrogens is 327 g/mol. The lowest BCUT2D eigenvalue weighted by atomic mass is 10.0. The molecule has 0 bridgehead atoms. The Labute approximate surface area is 151 Å². The Kier molecular flexibility index (Phi) is 4.13. The number of fused-ring (bicyclic) bond motifs is 1. The summed E-state index contributed by atoms with van der Waals surface area (Å²) in [5.74, 6) is 1.49. The fourth-order valence-corrected chi connectivity index (χ4v) is 2.89. The number of imidazole rings is 1.